The SMILES string of the molecule is CCC1(NC(=O)C2Cc3ccccc3N2)CCC1. The number of anilines is 1. The molecule has 0 spiro atoms. The van der Waals surface area contributed by atoms with Gasteiger partial charge in [-0.1, -0.05) is 25.1 Å². The van der Waals surface area contributed by atoms with Gasteiger partial charge in [0.1, 0.15) is 6.04 Å². The number of para-hydroxylation sites is 1. The number of fused-ring (bicyclic) bond motifs is 1. The lowest BCUT2D eigenvalue weighted by Gasteiger charge is -2.42. The molecule has 1 amide bonds. The first-order valence-electron chi connectivity index (χ1n) is 6.89. The minimum atomic E-state index is -0.0913. The quantitative estimate of drug-likeness (QED) is 0.857. The van der Waals surface area contributed by atoms with E-state index in [9.17, 15) is 4.79 Å². The molecule has 3 heteroatoms. The van der Waals surface area contributed by atoms with E-state index in [0.717, 1.165) is 31.4 Å². The van der Waals surface area contributed by atoms with E-state index in [1.54, 1.807) is 0 Å². The summed E-state index contributed by atoms with van der Waals surface area (Å²) >= 11 is 0. The van der Waals surface area contributed by atoms with E-state index in [1.165, 1.54) is 12.0 Å². The van der Waals surface area contributed by atoms with Gasteiger partial charge >= 0.3 is 0 Å². The lowest BCUT2D eigenvalue weighted by molar-refractivity contribution is -0.124. The summed E-state index contributed by atoms with van der Waals surface area (Å²) in [4.78, 5) is 12.3. The number of carbonyl (C=O) groups excluding carboxylic acids is 1. The standard InChI is InChI=1S/C15H20N2O/c1-2-15(8-5-9-15)17-14(18)13-10-11-6-3-4-7-12(11)16-13/h3-4,6-7,13,16H,2,5,8-10H2,1H3,(H,17,18). The first-order chi connectivity index (χ1) is 8.72. The number of benzene rings is 1. The van der Waals surface area contributed by atoms with Crippen molar-refractivity contribution in [3.8, 4) is 0 Å². The highest BCUT2D eigenvalue weighted by Crippen LogP contribution is 2.35. The zero-order valence-corrected chi connectivity index (χ0v) is 10.8. The van der Waals surface area contributed by atoms with Crippen LogP contribution in [-0.2, 0) is 11.2 Å². The average molecular weight is 244 g/mol. The van der Waals surface area contributed by atoms with E-state index in [1.807, 2.05) is 18.2 Å². The van der Waals surface area contributed by atoms with Crippen molar-refractivity contribution in [2.45, 2.75) is 50.6 Å². The first kappa shape index (κ1) is 11.6. The molecule has 1 aromatic rings. The van der Waals surface area contributed by atoms with Crippen LogP contribution in [0.4, 0.5) is 5.69 Å². The van der Waals surface area contributed by atoms with Crippen LogP contribution in [0.3, 0.4) is 0 Å². The number of hydrogen-bond donors (Lipinski definition) is 2. The highest BCUT2D eigenvalue weighted by atomic mass is 16.2. The largest absolute Gasteiger partial charge is 0.373 e. The van der Waals surface area contributed by atoms with Crippen LogP contribution < -0.4 is 10.6 Å². The van der Waals surface area contributed by atoms with Gasteiger partial charge in [-0.15, -0.1) is 0 Å². The van der Waals surface area contributed by atoms with Gasteiger partial charge in [0.2, 0.25) is 5.91 Å². The second kappa shape index (κ2) is 4.30. The summed E-state index contributed by atoms with van der Waals surface area (Å²) in [6.07, 6.45) is 5.36. The van der Waals surface area contributed by atoms with Gasteiger partial charge in [-0.25, -0.2) is 0 Å². The Balaban J connectivity index is 1.66. The predicted octanol–water partition coefficient (Wildman–Crippen LogP) is 2.47. The van der Waals surface area contributed by atoms with Crippen molar-refractivity contribution in [1.29, 1.82) is 0 Å². The molecule has 1 aliphatic heterocycles. The zero-order chi connectivity index (χ0) is 12.6. The Morgan fingerprint density at radius 2 is 2.22 bits per heavy atom. The molecule has 1 saturated carbocycles. The smallest absolute Gasteiger partial charge is 0.243 e. The summed E-state index contributed by atoms with van der Waals surface area (Å²) in [7, 11) is 0. The zero-order valence-electron chi connectivity index (χ0n) is 10.8. The summed E-state index contributed by atoms with van der Waals surface area (Å²) in [6, 6.07) is 8.08. The second-order valence-electron chi connectivity index (χ2n) is 5.53. The van der Waals surface area contributed by atoms with Gasteiger partial charge in [0.15, 0.2) is 0 Å². The number of nitrogens with one attached hydrogen (secondary N) is 2. The Bertz CT molecular complexity index is 435. The van der Waals surface area contributed by atoms with Gasteiger partial charge in [0.25, 0.3) is 0 Å². The minimum Gasteiger partial charge on any atom is -0.373 e. The Labute approximate surface area is 108 Å². The van der Waals surface area contributed by atoms with Crippen molar-refractivity contribution in [2.75, 3.05) is 5.32 Å². The lowest BCUT2D eigenvalue weighted by Crippen LogP contribution is -2.56. The minimum absolute atomic E-state index is 0.0908. The third-order valence-electron chi connectivity index (χ3n) is 4.46. The Morgan fingerprint density at radius 1 is 1.44 bits per heavy atom. The van der Waals surface area contributed by atoms with Crippen LogP contribution in [0.15, 0.2) is 24.3 Å². The van der Waals surface area contributed by atoms with Crippen molar-refractivity contribution in [3.05, 3.63) is 29.8 Å². The summed E-state index contributed by atoms with van der Waals surface area (Å²) in [5, 5.41) is 6.57. The molecule has 0 radical (unpaired) electrons. The summed E-state index contributed by atoms with van der Waals surface area (Å²) in [5.41, 5.74) is 2.45. The first-order valence-corrected chi connectivity index (χ1v) is 6.89. The van der Waals surface area contributed by atoms with E-state index in [2.05, 4.69) is 23.6 Å². The molecule has 0 saturated heterocycles. The van der Waals surface area contributed by atoms with Crippen LogP contribution >= 0.6 is 0 Å². The maximum atomic E-state index is 12.3. The normalized spacial score (nSPS) is 23.7. The molecule has 3 rings (SSSR count). The fourth-order valence-corrected chi connectivity index (χ4v) is 2.97. The molecule has 1 aliphatic carbocycles. The molecule has 1 atom stereocenters. The Kier molecular flexibility index (Phi) is 2.77. The fourth-order valence-electron chi connectivity index (χ4n) is 2.97. The number of hydrogen-bond acceptors (Lipinski definition) is 2. The molecule has 96 valence electrons. The van der Waals surface area contributed by atoms with Crippen LogP contribution in [-0.4, -0.2) is 17.5 Å². The molecule has 0 aromatic heterocycles. The van der Waals surface area contributed by atoms with Gasteiger partial charge in [-0.2, -0.15) is 0 Å². The molecule has 18 heavy (non-hydrogen) atoms. The third-order valence-corrected chi connectivity index (χ3v) is 4.46. The van der Waals surface area contributed by atoms with Gasteiger partial charge in [0.05, 0.1) is 0 Å². The highest BCUT2D eigenvalue weighted by molar-refractivity contribution is 5.88. The molecule has 2 aliphatic rings. The fraction of sp³-hybridized carbons (Fsp3) is 0.533. The predicted molar refractivity (Wildman–Crippen MR) is 72.6 cm³/mol. The monoisotopic (exact) mass is 244 g/mol. The molecule has 3 nitrogen and oxygen atoms in total. The number of amides is 1. The van der Waals surface area contributed by atoms with Gasteiger partial charge in [-0.05, 0) is 37.3 Å². The van der Waals surface area contributed by atoms with E-state index in [0.29, 0.717) is 0 Å². The number of carbonyl (C=O) groups is 1. The Hall–Kier alpha value is -1.51. The van der Waals surface area contributed by atoms with E-state index < -0.39 is 0 Å². The van der Waals surface area contributed by atoms with Crippen LogP contribution in [0.2, 0.25) is 0 Å². The lowest BCUT2D eigenvalue weighted by atomic mass is 9.74. The van der Waals surface area contributed by atoms with Gasteiger partial charge in [0, 0.05) is 17.6 Å². The summed E-state index contributed by atoms with van der Waals surface area (Å²) < 4.78 is 0. The van der Waals surface area contributed by atoms with Crippen molar-refractivity contribution < 1.29 is 4.79 Å². The van der Waals surface area contributed by atoms with Crippen molar-refractivity contribution in [3.63, 3.8) is 0 Å². The molecule has 1 heterocycles. The summed E-state index contributed by atoms with van der Waals surface area (Å²) in [6.45, 7) is 2.16. The van der Waals surface area contributed by atoms with E-state index >= 15 is 0 Å². The molecule has 1 aromatic carbocycles. The molecule has 2 N–H and O–H groups in total. The van der Waals surface area contributed by atoms with E-state index in [-0.39, 0.29) is 17.5 Å². The maximum Gasteiger partial charge on any atom is 0.243 e. The van der Waals surface area contributed by atoms with Crippen molar-refractivity contribution in [1.82, 2.24) is 5.32 Å². The number of rotatable bonds is 3. The van der Waals surface area contributed by atoms with E-state index in [4.69, 9.17) is 0 Å². The summed E-state index contributed by atoms with van der Waals surface area (Å²) in [5.74, 6) is 0.160. The van der Waals surface area contributed by atoms with Crippen LogP contribution in [0.1, 0.15) is 38.2 Å². The third kappa shape index (κ3) is 1.88. The maximum absolute atomic E-state index is 12.3. The molecule has 1 unspecified atom stereocenters. The Morgan fingerprint density at radius 3 is 2.83 bits per heavy atom. The van der Waals surface area contributed by atoms with Gasteiger partial charge in [-0.3, -0.25) is 4.79 Å². The molecular weight excluding hydrogens is 224 g/mol. The molecular formula is C15H20N2O. The van der Waals surface area contributed by atoms with Crippen LogP contribution in [0.5, 0.6) is 0 Å². The van der Waals surface area contributed by atoms with Crippen LogP contribution in [0, 0.1) is 0 Å². The van der Waals surface area contributed by atoms with Gasteiger partial charge < -0.3 is 10.6 Å². The second-order valence-corrected chi connectivity index (χ2v) is 5.53. The molecule has 0 bridgehead atoms. The average Bonchev–Trinajstić information content (AvgIpc) is 2.77. The van der Waals surface area contributed by atoms with Crippen molar-refractivity contribution in [2.24, 2.45) is 0 Å². The topological polar surface area (TPSA) is 41.1 Å². The van der Waals surface area contributed by atoms with Crippen LogP contribution in [0.25, 0.3) is 0 Å². The molecule has 1 fully saturated rings. The van der Waals surface area contributed by atoms with Crippen molar-refractivity contribution >= 4 is 11.6 Å². The highest BCUT2D eigenvalue weighted by Gasteiger charge is 2.38.